The Hall–Kier alpha value is -1.70. The molecule has 0 unspecified atom stereocenters. The van der Waals surface area contributed by atoms with E-state index in [4.69, 9.17) is 0 Å². The second kappa shape index (κ2) is 4.01. The van der Waals surface area contributed by atoms with Crippen LogP contribution in [0.25, 0.3) is 0 Å². The zero-order chi connectivity index (χ0) is 9.80. The molecule has 0 spiro atoms. The standard InChI is InChI=1S/C12H11NO/c14-12-6-7-13-11(9-12)8-10-4-2-1-3-5-10/h1-5,7,9H,6,8H2. The molecule has 0 atom stereocenters. The van der Waals surface area contributed by atoms with Gasteiger partial charge in [-0.3, -0.25) is 9.79 Å². The van der Waals surface area contributed by atoms with Gasteiger partial charge in [0.15, 0.2) is 5.78 Å². The molecule has 0 saturated carbocycles. The molecule has 0 aromatic heterocycles. The molecule has 1 aromatic carbocycles. The fourth-order valence-electron chi connectivity index (χ4n) is 1.44. The first-order valence-electron chi connectivity index (χ1n) is 4.64. The van der Waals surface area contributed by atoms with E-state index in [1.54, 1.807) is 12.3 Å². The molecule has 2 heteroatoms. The lowest BCUT2D eigenvalue weighted by atomic mass is 10.1. The molecule has 14 heavy (non-hydrogen) atoms. The van der Waals surface area contributed by atoms with Crippen LogP contribution in [0.3, 0.4) is 0 Å². The lowest BCUT2D eigenvalue weighted by Crippen LogP contribution is -2.02. The Morgan fingerprint density at radius 1 is 1.21 bits per heavy atom. The summed E-state index contributed by atoms with van der Waals surface area (Å²) in [5.74, 6) is 0.144. The average Bonchev–Trinajstić information content (AvgIpc) is 2.19. The first-order valence-corrected chi connectivity index (χ1v) is 4.64. The average molecular weight is 185 g/mol. The molecular formula is C12H11NO. The third-order valence-electron chi connectivity index (χ3n) is 2.11. The Balaban J connectivity index is 2.12. The number of allylic oxidation sites excluding steroid dienone is 2. The zero-order valence-electron chi connectivity index (χ0n) is 7.81. The van der Waals surface area contributed by atoms with Crippen LogP contribution in [0.5, 0.6) is 0 Å². The summed E-state index contributed by atoms with van der Waals surface area (Å²) in [7, 11) is 0. The minimum atomic E-state index is 0.144. The van der Waals surface area contributed by atoms with Gasteiger partial charge in [0.2, 0.25) is 0 Å². The predicted octanol–water partition coefficient (Wildman–Crippen LogP) is 2.16. The summed E-state index contributed by atoms with van der Waals surface area (Å²) >= 11 is 0. The van der Waals surface area contributed by atoms with Gasteiger partial charge in [-0.1, -0.05) is 30.3 Å². The lowest BCUT2D eigenvalue weighted by Gasteiger charge is -2.05. The lowest BCUT2D eigenvalue weighted by molar-refractivity contribution is -0.113. The van der Waals surface area contributed by atoms with Crippen LogP contribution in [-0.2, 0) is 11.2 Å². The highest BCUT2D eigenvalue weighted by Gasteiger charge is 2.05. The molecule has 0 fully saturated rings. The third-order valence-corrected chi connectivity index (χ3v) is 2.11. The fourth-order valence-corrected chi connectivity index (χ4v) is 1.44. The van der Waals surface area contributed by atoms with Crippen LogP contribution in [0, 0.1) is 0 Å². The highest BCUT2D eigenvalue weighted by Crippen LogP contribution is 2.11. The molecule has 2 nitrogen and oxygen atoms in total. The SMILES string of the molecule is O=C1C=C(Cc2ccccc2)N=CC1. The minimum Gasteiger partial charge on any atom is -0.294 e. The quantitative estimate of drug-likeness (QED) is 0.694. The number of nitrogens with zero attached hydrogens (tertiary/aromatic N) is 1. The summed E-state index contributed by atoms with van der Waals surface area (Å²) in [6, 6.07) is 10.0. The largest absolute Gasteiger partial charge is 0.294 e. The van der Waals surface area contributed by atoms with E-state index in [0.29, 0.717) is 6.42 Å². The van der Waals surface area contributed by atoms with Crippen molar-refractivity contribution < 1.29 is 4.79 Å². The molecule has 1 aromatic rings. The Kier molecular flexibility index (Phi) is 2.54. The van der Waals surface area contributed by atoms with Gasteiger partial charge >= 0.3 is 0 Å². The van der Waals surface area contributed by atoms with Gasteiger partial charge in [0.05, 0.1) is 0 Å². The topological polar surface area (TPSA) is 29.4 Å². The molecule has 0 amide bonds. The molecule has 70 valence electrons. The van der Waals surface area contributed by atoms with E-state index in [9.17, 15) is 4.79 Å². The molecule has 1 heterocycles. The third kappa shape index (κ3) is 2.16. The van der Waals surface area contributed by atoms with Crippen LogP contribution in [-0.4, -0.2) is 12.0 Å². The molecule has 0 saturated heterocycles. The van der Waals surface area contributed by atoms with Crippen molar-refractivity contribution in [1.29, 1.82) is 0 Å². The summed E-state index contributed by atoms with van der Waals surface area (Å²) in [6.07, 6.45) is 4.50. The Bertz CT molecular complexity index is 390. The number of rotatable bonds is 2. The van der Waals surface area contributed by atoms with E-state index in [1.165, 1.54) is 5.56 Å². The maximum atomic E-state index is 11.1. The molecule has 0 bridgehead atoms. The minimum absolute atomic E-state index is 0.144. The maximum Gasteiger partial charge on any atom is 0.162 e. The zero-order valence-corrected chi connectivity index (χ0v) is 7.81. The number of hydrogen-bond donors (Lipinski definition) is 0. The highest BCUT2D eigenvalue weighted by molar-refractivity contribution is 6.01. The number of ketones is 1. The van der Waals surface area contributed by atoms with Gasteiger partial charge in [-0.25, -0.2) is 0 Å². The first-order chi connectivity index (χ1) is 6.84. The summed E-state index contributed by atoms with van der Waals surface area (Å²) < 4.78 is 0. The highest BCUT2D eigenvalue weighted by atomic mass is 16.1. The van der Waals surface area contributed by atoms with Crippen LogP contribution in [0.15, 0.2) is 47.1 Å². The van der Waals surface area contributed by atoms with Crippen molar-refractivity contribution in [2.24, 2.45) is 4.99 Å². The molecule has 0 aliphatic carbocycles. The molecule has 2 rings (SSSR count). The first kappa shape index (κ1) is 8.88. The van der Waals surface area contributed by atoms with E-state index < -0.39 is 0 Å². The molecule has 1 aliphatic heterocycles. The van der Waals surface area contributed by atoms with Crippen molar-refractivity contribution in [2.45, 2.75) is 12.8 Å². The predicted molar refractivity (Wildman–Crippen MR) is 56.3 cm³/mol. The van der Waals surface area contributed by atoms with Crippen molar-refractivity contribution in [1.82, 2.24) is 0 Å². The fraction of sp³-hybridized carbons (Fsp3) is 0.167. The van der Waals surface area contributed by atoms with E-state index in [1.807, 2.05) is 30.3 Å². The summed E-state index contributed by atoms with van der Waals surface area (Å²) in [5.41, 5.74) is 2.04. The van der Waals surface area contributed by atoms with E-state index >= 15 is 0 Å². The van der Waals surface area contributed by atoms with Crippen LogP contribution in [0.4, 0.5) is 0 Å². The molecular weight excluding hydrogens is 174 g/mol. The normalized spacial score (nSPS) is 15.4. The van der Waals surface area contributed by atoms with Gasteiger partial charge in [-0.05, 0) is 5.56 Å². The Morgan fingerprint density at radius 2 is 2.00 bits per heavy atom. The van der Waals surface area contributed by atoms with Crippen LogP contribution in [0.1, 0.15) is 12.0 Å². The van der Waals surface area contributed by atoms with Crippen LogP contribution < -0.4 is 0 Å². The monoisotopic (exact) mass is 185 g/mol. The summed E-state index contributed by atoms with van der Waals surface area (Å²) in [6.45, 7) is 0. The molecule has 1 aliphatic rings. The second-order valence-electron chi connectivity index (χ2n) is 3.28. The van der Waals surface area contributed by atoms with Crippen molar-refractivity contribution in [3.05, 3.63) is 47.7 Å². The maximum absolute atomic E-state index is 11.1. The number of hydrogen-bond acceptors (Lipinski definition) is 2. The number of aliphatic imine (C=N–C) groups is 1. The number of benzene rings is 1. The van der Waals surface area contributed by atoms with Crippen molar-refractivity contribution >= 4 is 12.0 Å². The van der Waals surface area contributed by atoms with E-state index in [2.05, 4.69) is 4.99 Å². The van der Waals surface area contributed by atoms with Crippen molar-refractivity contribution in [2.75, 3.05) is 0 Å². The Morgan fingerprint density at radius 3 is 2.71 bits per heavy atom. The van der Waals surface area contributed by atoms with Gasteiger partial charge in [-0.15, -0.1) is 0 Å². The van der Waals surface area contributed by atoms with E-state index in [0.717, 1.165) is 12.1 Å². The second-order valence-corrected chi connectivity index (χ2v) is 3.28. The van der Waals surface area contributed by atoms with E-state index in [-0.39, 0.29) is 5.78 Å². The smallest absolute Gasteiger partial charge is 0.162 e. The van der Waals surface area contributed by atoms with Gasteiger partial charge in [0.1, 0.15) is 0 Å². The Labute approximate surface area is 83.0 Å². The summed E-state index contributed by atoms with van der Waals surface area (Å²) in [4.78, 5) is 15.3. The molecule has 0 radical (unpaired) electrons. The van der Waals surface area contributed by atoms with Crippen LogP contribution >= 0.6 is 0 Å². The molecule has 0 N–H and O–H groups in total. The van der Waals surface area contributed by atoms with Gasteiger partial charge < -0.3 is 0 Å². The van der Waals surface area contributed by atoms with Gasteiger partial charge in [0.25, 0.3) is 0 Å². The van der Waals surface area contributed by atoms with Crippen molar-refractivity contribution in [3.63, 3.8) is 0 Å². The number of carbonyl (C=O) groups is 1. The van der Waals surface area contributed by atoms with Crippen molar-refractivity contribution in [3.8, 4) is 0 Å². The van der Waals surface area contributed by atoms with Gasteiger partial charge in [0, 0.05) is 30.8 Å². The number of carbonyl (C=O) groups excluding carboxylic acids is 1. The van der Waals surface area contributed by atoms with Crippen LogP contribution in [0.2, 0.25) is 0 Å². The summed E-state index contributed by atoms with van der Waals surface area (Å²) in [5, 5.41) is 0. The van der Waals surface area contributed by atoms with Gasteiger partial charge in [-0.2, -0.15) is 0 Å².